The number of nitrogens with zero attached hydrogens (tertiary/aromatic N) is 1. The highest BCUT2D eigenvalue weighted by Gasteiger charge is 2.09. The van der Waals surface area contributed by atoms with Gasteiger partial charge in [-0.3, -0.25) is 4.99 Å². The minimum absolute atomic E-state index is 0. The van der Waals surface area contributed by atoms with E-state index in [4.69, 9.17) is 5.11 Å². The Morgan fingerprint density at radius 1 is 1.09 bits per heavy atom. The summed E-state index contributed by atoms with van der Waals surface area (Å²) in [4.78, 5) is 4.64. The van der Waals surface area contributed by atoms with Crippen LogP contribution in [-0.4, -0.2) is 49.4 Å². The molecule has 0 aliphatic carbocycles. The van der Waals surface area contributed by atoms with Gasteiger partial charge in [-0.25, -0.2) is 0 Å². The zero-order valence-electron chi connectivity index (χ0n) is 15.0. The molecule has 0 heterocycles. The van der Waals surface area contributed by atoms with Crippen LogP contribution in [0.1, 0.15) is 53.9 Å². The second-order valence-electron chi connectivity index (χ2n) is 6.49. The predicted molar refractivity (Wildman–Crippen MR) is 107 cm³/mol. The molecule has 0 aromatic carbocycles. The van der Waals surface area contributed by atoms with Gasteiger partial charge in [-0.1, -0.05) is 13.3 Å². The Bertz CT molecular complexity index is 274. The molecule has 0 saturated heterocycles. The van der Waals surface area contributed by atoms with Crippen molar-refractivity contribution < 1.29 is 5.11 Å². The fraction of sp³-hybridized carbons (Fsp3) is 0.938. The molecule has 0 aromatic heterocycles. The Hall–Kier alpha value is -0.0800. The van der Waals surface area contributed by atoms with Crippen molar-refractivity contribution in [2.75, 3.05) is 32.8 Å². The third kappa shape index (κ3) is 14.8. The van der Waals surface area contributed by atoms with Crippen LogP contribution in [0.3, 0.4) is 0 Å². The highest BCUT2D eigenvalue weighted by Crippen LogP contribution is 2.10. The van der Waals surface area contributed by atoms with Crippen molar-refractivity contribution in [3.63, 3.8) is 0 Å². The van der Waals surface area contributed by atoms with Crippen LogP contribution in [0.15, 0.2) is 4.99 Å². The van der Waals surface area contributed by atoms with Gasteiger partial charge in [0.1, 0.15) is 0 Å². The summed E-state index contributed by atoms with van der Waals surface area (Å²) < 4.78 is 0. The van der Waals surface area contributed by atoms with Gasteiger partial charge >= 0.3 is 0 Å². The average Bonchev–Trinajstić information content (AvgIpc) is 2.40. The maximum absolute atomic E-state index is 9.09. The van der Waals surface area contributed by atoms with E-state index in [-0.39, 0.29) is 36.1 Å². The number of hydrogen-bond donors (Lipinski definition) is 4. The first-order valence-corrected chi connectivity index (χ1v) is 8.31. The molecule has 0 saturated carbocycles. The molecule has 134 valence electrons. The van der Waals surface area contributed by atoms with Crippen molar-refractivity contribution in [2.45, 2.75) is 59.4 Å². The summed E-state index contributed by atoms with van der Waals surface area (Å²) in [5.74, 6) is 1.34. The van der Waals surface area contributed by atoms with Gasteiger partial charge in [-0.05, 0) is 46.5 Å². The number of aliphatic hydroxyl groups excluding tert-OH is 1. The number of halogens is 1. The summed E-state index contributed by atoms with van der Waals surface area (Å²) in [6.07, 6.45) is 3.09. The van der Waals surface area contributed by atoms with Crippen molar-refractivity contribution in [1.82, 2.24) is 16.0 Å². The number of nitrogens with one attached hydrogen (secondary N) is 3. The molecule has 0 spiro atoms. The van der Waals surface area contributed by atoms with E-state index in [1.54, 1.807) is 0 Å². The lowest BCUT2D eigenvalue weighted by Gasteiger charge is -2.21. The van der Waals surface area contributed by atoms with Gasteiger partial charge in [-0.2, -0.15) is 0 Å². The number of aliphatic imine (C=N–C) groups is 1. The van der Waals surface area contributed by atoms with Crippen molar-refractivity contribution in [1.29, 1.82) is 0 Å². The Morgan fingerprint density at radius 2 is 1.77 bits per heavy atom. The Kier molecular flexibility index (Phi) is 15.9. The van der Waals surface area contributed by atoms with Gasteiger partial charge in [0.15, 0.2) is 5.96 Å². The summed E-state index contributed by atoms with van der Waals surface area (Å²) >= 11 is 0. The van der Waals surface area contributed by atoms with Crippen molar-refractivity contribution in [3.05, 3.63) is 0 Å². The van der Waals surface area contributed by atoms with E-state index in [0.29, 0.717) is 5.92 Å². The smallest absolute Gasteiger partial charge is 0.191 e. The zero-order chi connectivity index (χ0) is 16.1. The van der Waals surface area contributed by atoms with Crippen molar-refractivity contribution in [3.8, 4) is 0 Å². The number of aliphatic hydroxyl groups is 1. The molecule has 0 bridgehead atoms. The van der Waals surface area contributed by atoms with Crippen molar-refractivity contribution in [2.24, 2.45) is 10.9 Å². The summed E-state index contributed by atoms with van der Waals surface area (Å²) in [7, 11) is 0. The SMILES string of the molecule is CCCC(CCO)CN=C(NCC)NCCNC(C)(C)C.I. The highest BCUT2D eigenvalue weighted by molar-refractivity contribution is 14.0. The third-order valence-electron chi connectivity index (χ3n) is 3.16. The van der Waals surface area contributed by atoms with E-state index in [1.807, 2.05) is 0 Å². The van der Waals surface area contributed by atoms with Gasteiger partial charge < -0.3 is 21.1 Å². The van der Waals surface area contributed by atoms with Crippen LogP contribution in [0.25, 0.3) is 0 Å². The molecule has 0 rings (SSSR count). The lowest BCUT2D eigenvalue weighted by atomic mass is 10.0. The number of rotatable bonds is 10. The molecule has 0 aliphatic rings. The second kappa shape index (κ2) is 14.5. The summed E-state index contributed by atoms with van der Waals surface area (Å²) in [6.45, 7) is 14.4. The maximum Gasteiger partial charge on any atom is 0.191 e. The second-order valence-corrected chi connectivity index (χ2v) is 6.49. The normalized spacial score (nSPS) is 13.5. The number of hydrogen-bond acceptors (Lipinski definition) is 3. The standard InChI is InChI=1S/C16H36N4O.HI/c1-6-8-14(9-12-21)13-19-15(17-7-2)18-10-11-20-16(3,4)5;/h14,20-21H,6-13H2,1-5H3,(H2,17,18,19);1H. The predicted octanol–water partition coefficient (Wildman–Crippen LogP) is 2.35. The molecule has 1 unspecified atom stereocenters. The van der Waals surface area contributed by atoms with Crippen LogP contribution in [0.4, 0.5) is 0 Å². The van der Waals surface area contributed by atoms with E-state index in [0.717, 1.165) is 51.4 Å². The fourth-order valence-electron chi connectivity index (χ4n) is 2.10. The molecular weight excluding hydrogens is 391 g/mol. The molecule has 6 heteroatoms. The Morgan fingerprint density at radius 3 is 2.27 bits per heavy atom. The van der Waals surface area contributed by atoms with E-state index in [1.165, 1.54) is 0 Å². The zero-order valence-corrected chi connectivity index (χ0v) is 17.4. The van der Waals surface area contributed by atoms with Crippen molar-refractivity contribution >= 4 is 29.9 Å². The lowest BCUT2D eigenvalue weighted by Crippen LogP contribution is -2.44. The molecule has 0 radical (unpaired) electrons. The van der Waals surface area contributed by atoms with E-state index < -0.39 is 0 Å². The summed E-state index contributed by atoms with van der Waals surface area (Å²) in [6, 6.07) is 0. The molecule has 0 fully saturated rings. The largest absolute Gasteiger partial charge is 0.396 e. The van der Waals surface area contributed by atoms with Gasteiger partial charge in [-0.15, -0.1) is 24.0 Å². The molecule has 0 aliphatic heterocycles. The first kappa shape index (κ1) is 24.2. The Labute approximate surface area is 154 Å². The summed E-state index contributed by atoms with van der Waals surface area (Å²) in [5, 5.41) is 19.2. The molecule has 5 nitrogen and oxygen atoms in total. The van der Waals surface area contributed by atoms with Crippen LogP contribution in [0.2, 0.25) is 0 Å². The minimum atomic E-state index is 0. The van der Waals surface area contributed by atoms with Crippen LogP contribution >= 0.6 is 24.0 Å². The van der Waals surface area contributed by atoms with Crippen LogP contribution in [0, 0.1) is 5.92 Å². The minimum Gasteiger partial charge on any atom is -0.396 e. The molecule has 22 heavy (non-hydrogen) atoms. The van der Waals surface area contributed by atoms with Gasteiger partial charge in [0.2, 0.25) is 0 Å². The third-order valence-corrected chi connectivity index (χ3v) is 3.16. The monoisotopic (exact) mass is 428 g/mol. The Balaban J connectivity index is 0. The molecule has 0 aromatic rings. The van der Waals surface area contributed by atoms with Crippen LogP contribution in [-0.2, 0) is 0 Å². The fourth-order valence-corrected chi connectivity index (χ4v) is 2.10. The number of guanidine groups is 1. The highest BCUT2D eigenvalue weighted by atomic mass is 127. The topological polar surface area (TPSA) is 68.7 Å². The molecular formula is C16H37IN4O. The van der Waals surface area contributed by atoms with Gasteiger partial charge in [0.05, 0.1) is 0 Å². The maximum atomic E-state index is 9.09. The van der Waals surface area contributed by atoms with Crippen LogP contribution < -0.4 is 16.0 Å². The lowest BCUT2D eigenvalue weighted by molar-refractivity contribution is 0.253. The van der Waals surface area contributed by atoms with E-state index in [2.05, 4.69) is 55.6 Å². The molecule has 0 amide bonds. The van der Waals surface area contributed by atoms with Gasteiger partial charge in [0.25, 0.3) is 0 Å². The summed E-state index contributed by atoms with van der Waals surface area (Å²) in [5.41, 5.74) is 0.143. The van der Waals surface area contributed by atoms with E-state index in [9.17, 15) is 0 Å². The molecule has 1 atom stereocenters. The first-order valence-electron chi connectivity index (χ1n) is 8.31. The quantitative estimate of drug-likeness (QED) is 0.187. The van der Waals surface area contributed by atoms with Gasteiger partial charge in [0, 0.05) is 38.3 Å². The first-order chi connectivity index (χ1) is 9.92. The molecule has 4 N–H and O–H groups in total. The average molecular weight is 428 g/mol. The van der Waals surface area contributed by atoms with E-state index >= 15 is 0 Å². The van der Waals surface area contributed by atoms with Crippen LogP contribution in [0.5, 0.6) is 0 Å².